The van der Waals surface area contributed by atoms with Crippen LogP contribution in [0.3, 0.4) is 0 Å². The van der Waals surface area contributed by atoms with Gasteiger partial charge in [-0.15, -0.1) is 0 Å². The molecule has 2 rings (SSSR count). The second-order valence-corrected chi connectivity index (χ2v) is 2.80. The van der Waals surface area contributed by atoms with E-state index in [-0.39, 0.29) is 11.1 Å². The number of carbonyl (C=O) groups is 1. The van der Waals surface area contributed by atoms with Crippen LogP contribution in [0.2, 0.25) is 0 Å². The molecule has 1 heterocycles. The molecule has 0 aliphatic rings. The van der Waals surface area contributed by atoms with Gasteiger partial charge in [-0.05, 0) is 17.5 Å². The Labute approximate surface area is 78.8 Å². The average molecular weight is 191 g/mol. The molecule has 3 nitrogen and oxygen atoms in total. The van der Waals surface area contributed by atoms with Gasteiger partial charge in [-0.2, -0.15) is 0 Å². The normalized spacial score (nSPS) is 10.4. The van der Waals surface area contributed by atoms with Crippen molar-refractivity contribution in [2.45, 2.75) is 0 Å². The van der Waals surface area contributed by atoms with Gasteiger partial charge in [0.15, 0.2) is 5.69 Å². The van der Waals surface area contributed by atoms with Crippen molar-refractivity contribution in [3.05, 3.63) is 42.0 Å². The number of rotatable bonds is 1. The monoisotopic (exact) mass is 191 g/mol. The molecule has 1 aromatic heterocycles. The van der Waals surface area contributed by atoms with E-state index in [9.17, 15) is 9.18 Å². The van der Waals surface area contributed by atoms with E-state index >= 15 is 0 Å². The van der Waals surface area contributed by atoms with E-state index in [0.29, 0.717) is 5.39 Å². The smallest absolute Gasteiger partial charge is 0.355 e. The van der Waals surface area contributed by atoms with E-state index in [4.69, 9.17) is 5.11 Å². The Morgan fingerprint density at radius 2 is 2.14 bits per heavy atom. The maximum Gasteiger partial charge on any atom is 0.355 e. The topological polar surface area (TPSA) is 50.2 Å². The molecule has 1 N–H and O–H groups in total. The third kappa shape index (κ3) is 1.21. The lowest BCUT2D eigenvalue weighted by molar-refractivity contribution is 0.0692. The van der Waals surface area contributed by atoms with Crippen LogP contribution in [-0.2, 0) is 0 Å². The largest absolute Gasteiger partial charge is 0.476 e. The number of hydrogen-bond acceptors (Lipinski definition) is 2. The Hall–Kier alpha value is -1.97. The fourth-order valence-corrected chi connectivity index (χ4v) is 1.35. The van der Waals surface area contributed by atoms with Crippen molar-refractivity contribution in [3.8, 4) is 0 Å². The molecule has 0 atom stereocenters. The molecule has 0 saturated carbocycles. The summed E-state index contributed by atoms with van der Waals surface area (Å²) < 4.78 is 13.3. The van der Waals surface area contributed by atoms with E-state index in [1.54, 1.807) is 12.1 Å². The zero-order valence-electron chi connectivity index (χ0n) is 7.07. The summed E-state index contributed by atoms with van der Waals surface area (Å²) in [7, 11) is 0. The molecule has 0 spiro atoms. The first-order valence-electron chi connectivity index (χ1n) is 3.96. The fourth-order valence-electron chi connectivity index (χ4n) is 1.35. The molecule has 0 aliphatic heterocycles. The average Bonchev–Trinajstić information content (AvgIpc) is 2.17. The lowest BCUT2D eigenvalue weighted by Crippen LogP contribution is -2.02. The van der Waals surface area contributed by atoms with Crippen LogP contribution in [-0.4, -0.2) is 16.1 Å². The Kier molecular flexibility index (Phi) is 1.89. The molecule has 0 fully saturated rings. The maximum atomic E-state index is 13.3. The first-order valence-corrected chi connectivity index (χ1v) is 3.96. The molecule has 0 saturated heterocycles. The van der Waals surface area contributed by atoms with E-state index in [1.807, 2.05) is 0 Å². The summed E-state index contributed by atoms with van der Waals surface area (Å²) in [5, 5.41) is 9.38. The zero-order chi connectivity index (χ0) is 10.1. The van der Waals surface area contributed by atoms with Crippen molar-refractivity contribution in [2.75, 3.05) is 0 Å². The van der Waals surface area contributed by atoms with Crippen molar-refractivity contribution in [1.82, 2.24) is 4.98 Å². The molecule has 1 aromatic carbocycles. The van der Waals surface area contributed by atoms with Gasteiger partial charge >= 0.3 is 5.97 Å². The van der Waals surface area contributed by atoms with Gasteiger partial charge in [0, 0.05) is 6.20 Å². The Morgan fingerprint density at radius 3 is 2.86 bits per heavy atom. The van der Waals surface area contributed by atoms with E-state index in [2.05, 4.69) is 4.98 Å². The van der Waals surface area contributed by atoms with Crippen molar-refractivity contribution in [3.63, 3.8) is 0 Å². The van der Waals surface area contributed by atoms with Gasteiger partial charge in [0.2, 0.25) is 0 Å². The molecule has 0 aliphatic carbocycles. The summed E-state index contributed by atoms with van der Waals surface area (Å²) >= 11 is 0. The number of aromatic nitrogens is 1. The van der Waals surface area contributed by atoms with Crippen molar-refractivity contribution >= 4 is 16.7 Å². The first kappa shape index (κ1) is 8.62. The SMILES string of the molecule is O=C(O)c1nccc2cccc(F)c12. The van der Waals surface area contributed by atoms with Crippen LogP contribution < -0.4 is 0 Å². The molecule has 14 heavy (non-hydrogen) atoms. The quantitative estimate of drug-likeness (QED) is 0.750. The minimum atomic E-state index is -1.22. The summed E-state index contributed by atoms with van der Waals surface area (Å²) in [5.74, 6) is -1.78. The highest BCUT2D eigenvalue weighted by Gasteiger charge is 2.12. The number of benzene rings is 1. The second-order valence-electron chi connectivity index (χ2n) is 2.80. The molecule has 0 radical (unpaired) electrons. The minimum Gasteiger partial charge on any atom is -0.476 e. The third-order valence-electron chi connectivity index (χ3n) is 1.94. The summed E-state index contributed by atoms with van der Waals surface area (Å²) in [6, 6.07) is 5.97. The van der Waals surface area contributed by atoms with Crippen LogP contribution in [0, 0.1) is 5.82 Å². The Morgan fingerprint density at radius 1 is 1.36 bits per heavy atom. The summed E-state index contributed by atoms with van der Waals surface area (Å²) in [6.45, 7) is 0. The van der Waals surface area contributed by atoms with Gasteiger partial charge < -0.3 is 5.11 Å². The Bertz CT molecular complexity index is 505. The van der Waals surface area contributed by atoms with Gasteiger partial charge in [-0.1, -0.05) is 12.1 Å². The number of fused-ring (bicyclic) bond motifs is 1. The van der Waals surface area contributed by atoms with Crippen molar-refractivity contribution < 1.29 is 14.3 Å². The number of carboxylic acids is 1. The zero-order valence-corrected chi connectivity index (χ0v) is 7.07. The van der Waals surface area contributed by atoms with Crippen molar-refractivity contribution in [1.29, 1.82) is 0 Å². The maximum absolute atomic E-state index is 13.3. The molecule has 4 heteroatoms. The minimum absolute atomic E-state index is 0.0579. The third-order valence-corrected chi connectivity index (χ3v) is 1.94. The number of halogens is 1. The molecule has 0 unspecified atom stereocenters. The molecule has 0 bridgehead atoms. The number of hydrogen-bond donors (Lipinski definition) is 1. The van der Waals surface area contributed by atoms with E-state index < -0.39 is 11.8 Å². The Balaban J connectivity index is 2.91. The number of nitrogens with zero attached hydrogens (tertiary/aromatic N) is 1. The van der Waals surface area contributed by atoms with Crippen LogP contribution >= 0.6 is 0 Å². The summed E-state index contributed by atoms with van der Waals surface area (Å²) in [4.78, 5) is 14.4. The van der Waals surface area contributed by atoms with E-state index in [1.165, 1.54) is 18.3 Å². The highest BCUT2D eigenvalue weighted by Crippen LogP contribution is 2.19. The van der Waals surface area contributed by atoms with Crippen LogP contribution in [0.1, 0.15) is 10.5 Å². The first-order chi connectivity index (χ1) is 6.70. The number of pyridine rings is 1. The standard InChI is InChI=1S/C10H6FNO2/c11-7-3-1-2-6-4-5-12-9(8(6)7)10(13)14/h1-5H,(H,13,14). The van der Waals surface area contributed by atoms with Crippen LogP contribution in [0.25, 0.3) is 10.8 Å². The van der Waals surface area contributed by atoms with Gasteiger partial charge in [0.1, 0.15) is 5.82 Å². The second kappa shape index (κ2) is 3.06. The van der Waals surface area contributed by atoms with Crippen LogP contribution in [0.5, 0.6) is 0 Å². The van der Waals surface area contributed by atoms with E-state index in [0.717, 1.165) is 0 Å². The summed E-state index contributed by atoms with van der Waals surface area (Å²) in [6.07, 6.45) is 1.35. The highest BCUT2D eigenvalue weighted by molar-refractivity contribution is 6.01. The lowest BCUT2D eigenvalue weighted by atomic mass is 10.1. The number of carboxylic acid groups (broad SMARTS) is 1. The molecule has 70 valence electrons. The van der Waals surface area contributed by atoms with Crippen LogP contribution in [0.15, 0.2) is 30.5 Å². The number of aromatic carboxylic acids is 1. The van der Waals surface area contributed by atoms with Gasteiger partial charge in [0.25, 0.3) is 0 Å². The molecule has 0 amide bonds. The lowest BCUT2D eigenvalue weighted by Gasteiger charge is -2.01. The molecule has 2 aromatic rings. The van der Waals surface area contributed by atoms with Crippen LogP contribution in [0.4, 0.5) is 4.39 Å². The highest BCUT2D eigenvalue weighted by atomic mass is 19.1. The van der Waals surface area contributed by atoms with Gasteiger partial charge in [0.05, 0.1) is 5.39 Å². The molecular weight excluding hydrogens is 185 g/mol. The fraction of sp³-hybridized carbons (Fsp3) is 0. The van der Waals surface area contributed by atoms with Crippen molar-refractivity contribution in [2.24, 2.45) is 0 Å². The predicted octanol–water partition coefficient (Wildman–Crippen LogP) is 2.07. The summed E-state index contributed by atoms with van der Waals surface area (Å²) in [5.41, 5.74) is -0.249. The molecular formula is C10H6FNO2. The predicted molar refractivity (Wildman–Crippen MR) is 48.7 cm³/mol. The van der Waals surface area contributed by atoms with Gasteiger partial charge in [-0.25, -0.2) is 14.2 Å². The van der Waals surface area contributed by atoms with Gasteiger partial charge in [-0.3, -0.25) is 0 Å².